The van der Waals surface area contributed by atoms with Crippen LogP contribution in [0.5, 0.6) is 0 Å². The maximum Gasteiger partial charge on any atom is 0.336 e. The Morgan fingerprint density at radius 3 is 2.57 bits per heavy atom. The van der Waals surface area contributed by atoms with Crippen molar-refractivity contribution >= 4 is 33.4 Å². The van der Waals surface area contributed by atoms with Gasteiger partial charge >= 0.3 is 5.97 Å². The number of benzene rings is 1. The van der Waals surface area contributed by atoms with E-state index in [-0.39, 0.29) is 26.9 Å². The number of halogens is 1. The molecule has 0 unspecified atom stereocenters. The summed E-state index contributed by atoms with van der Waals surface area (Å²) in [5.41, 5.74) is 0.553. The van der Waals surface area contributed by atoms with Gasteiger partial charge in [-0.1, -0.05) is 11.6 Å². The number of sulfonamides is 1. The van der Waals surface area contributed by atoms with E-state index in [1.165, 1.54) is 25.3 Å². The number of rotatable bonds is 4. The van der Waals surface area contributed by atoms with Crippen molar-refractivity contribution in [1.82, 2.24) is 10.2 Å². The van der Waals surface area contributed by atoms with E-state index in [0.29, 0.717) is 5.56 Å². The number of aryl methyl sites for hydroxylation is 1. The Morgan fingerprint density at radius 1 is 1.38 bits per heavy atom. The summed E-state index contributed by atoms with van der Waals surface area (Å²) in [6.45, 7) is 3.09. The molecule has 9 heteroatoms. The minimum Gasteiger partial charge on any atom is -0.478 e. The number of H-pyrrole nitrogens is 1. The van der Waals surface area contributed by atoms with Gasteiger partial charge in [-0.15, -0.1) is 0 Å². The second-order valence-corrected chi connectivity index (χ2v) is 6.50. The molecule has 0 amide bonds. The van der Waals surface area contributed by atoms with Crippen LogP contribution in [-0.2, 0) is 10.0 Å². The topological polar surface area (TPSA) is 112 Å². The molecule has 0 fully saturated rings. The average Bonchev–Trinajstić information content (AvgIpc) is 2.76. The smallest absolute Gasteiger partial charge is 0.336 e. The fourth-order valence-corrected chi connectivity index (χ4v) is 3.46. The molecule has 1 heterocycles. The maximum atomic E-state index is 12.4. The minimum absolute atomic E-state index is 0.0275. The summed E-state index contributed by atoms with van der Waals surface area (Å²) >= 11 is 5.81. The lowest BCUT2D eigenvalue weighted by atomic mass is 10.1. The molecular formula is C12H12ClN3O4S. The molecule has 0 aliphatic rings. The zero-order valence-corrected chi connectivity index (χ0v) is 12.7. The van der Waals surface area contributed by atoms with Crippen molar-refractivity contribution in [2.24, 2.45) is 0 Å². The van der Waals surface area contributed by atoms with Crippen molar-refractivity contribution in [3.63, 3.8) is 0 Å². The molecule has 0 spiro atoms. The number of carbonyl (C=O) groups is 1. The molecule has 0 aliphatic carbocycles. The third-order valence-corrected chi connectivity index (χ3v) is 4.60. The molecular weight excluding hydrogens is 318 g/mol. The van der Waals surface area contributed by atoms with Crippen molar-refractivity contribution in [3.05, 3.63) is 40.0 Å². The molecule has 1 aromatic carbocycles. The van der Waals surface area contributed by atoms with Crippen molar-refractivity contribution in [1.29, 1.82) is 0 Å². The van der Waals surface area contributed by atoms with Crippen LogP contribution >= 0.6 is 11.6 Å². The molecule has 3 N–H and O–H groups in total. The fourth-order valence-electron chi connectivity index (χ4n) is 1.79. The largest absolute Gasteiger partial charge is 0.478 e. The second kappa shape index (κ2) is 5.38. The number of aromatic carboxylic acids is 1. The first-order valence-electron chi connectivity index (χ1n) is 5.78. The number of nitrogens with zero attached hydrogens (tertiary/aromatic N) is 1. The number of hydrogen-bond donors (Lipinski definition) is 3. The normalized spacial score (nSPS) is 11.4. The van der Waals surface area contributed by atoms with Crippen LogP contribution in [-0.4, -0.2) is 29.7 Å². The molecule has 0 radical (unpaired) electrons. The Bertz CT molecular complexity index is 814. The number of aromatic nitrogens is 2. The van der Waals surface area contributed by atoms with E-state index in [0.717, 1.165) is 0 Å². The third kappa shape index (κ3) is 3.01. The average molecular weight is 330 g/mol. The van der Waals surface area contributed by atoms with Gasteiger partial charge < -0.3 is 5.11 Å². The second-order valence-electron chi connectivity index (χ2n) is 4.42. The lowest BCUT2D eigenvalue weighted by Crippen LogP contribution is -2.17. The quantitative estimate of drug-likeness (QED) is 0.795. The predicted octanol–water partition coefficient (Wildman–Crippen LogP) is 2.18. The lowest BCUT2D eigenvalue weighted by Gasteiger charge is -2.12. The number of anilines is 1. The minimum atomic E-state index is -3.98. The molecule has 1 aromatic heterocycles. The summed E-state index contributed by atoms with van der Waals surface area (Å²) in [4.78, 5) is 10.9. The van der Waals surface area contributed by atoms with Gasteiger partial charge in [0.25, 0.3) is 10.0 Å². The Hall–Kier alpha value is -2.06. The van der Waals surface area contributed by atoms with E-state index >= 15 is 0 Å². The van der Waals surface area contributed by atoms with Crippen LogP contribution in [0.3, 0.4) is 0 Å². The number of nitrogens with one attached hydrogen (secondary N) is 2. The summed E-state index contributed by atoms with van der Waals surface area (Å²) in [5.74, 6) is -1.03. The van der Waals surface area contributed by atoms with Gasteiger partial charge in [-0.3, -0.25) is 9.82 Å². The molecule has 0 aliphatic heterocycles. The van der Waals surface area contributed by atoms with Crippen LogP contribution in [0.2, 0.25) is 5.02 Å². The van der Waals surface area contributed by atoms with Gasteiger partial charge in [0, 0.05) is 10.6 Å². The van der Waals surface area contributed by atoms with E-state index in [4.69, 9.17) is 16.7 Å². The molecule has 0 atom stereocenters. The van der Waals surface area contributed by atoms with E-state index in [1.807, 2.05) is 0 Å². The molecule has 0 saturated heterocycles. The monoisotopic (exact) mass is 329 g/mol. The lowest BCUT2D eigenvalue weighted by molar-refractivity contribution is 0.0696. The van der Waals surface area contributed by atoms with Gasteiger partial charge in [0.05, 0.1) is 16.7 Å². The van der Waals surface area contributed by atoms with Crippen molar-refractivity contribution < 1.29 is 18.3 Å². The highest BCUT2D eigenvalue weighted by atomic mass is 35.5. The Kier molecular flexibility index (Phi) is 3.93. The molecule has 2 aromatic rings. The zero-order chi connectivity index (χ0) is 15.8. The van der Waals surface area contributed by atoms with Gasteiger partial charge in [0.2, 0.25) is 0 Å². The molecule has 7 nitrogen and oxygen atoms in total. The van der Waals surface area contributed by atoms with E-state index in [1.54, 1.807) is 6.92 Å². The van der Waals surface area contributed by atoms with Crippen molar-refractivity contribution in [2.45, 2.75) is 18.7 Å². The summed E-state index contributed by atoms with van der Waals surface area (Å²) < 4.78 is 27.1. The zero-order valence-electron chi connectivity index (χ0n) is 11.1. The standard InChI is InChI=1S/C12H12ClN3O4S/c1-6-5-14-15-11(6)16-21(19,20)10-4-8(13)3-9(7(10)2)12(17)18/h3-5H,1-2H3,(H,17,18)(H2,14,15,16). The Morgan fingerprint density at radius 2 is 2.05 bits per heavy atom. The number of hydrogen-bond acceptors (Lipinski definition) is 4. The predicted molar refractivity (Wildman–Crippen MR) is 77.3 cm³/mol. The van der Waals surface area contributed by atoms with Crippen molar-refractivity contribution in [3.8, 4) is 0 Å². The van der Waals surface area contributed by atoms with Crippen LogP contribution in [0.15, 0.2) is 23.2 Å². The van der Waals surface area contributed by atoms with E-state index < -0.39 is 16.0 Å². The van der Waals surface area contributed by atoms with Gasteiger partial charge in [0.15, 0.2) is 0 Å². The summed E-state index contributed by atoms with van der Waals surface area (Å²) in [6.07, 6.45) is 1.46. The highest BCUT2D eigenvalue weighted by molar-refractivity contribution is 7.92. The molecule has 112 valence electrons. The number of carboxylic acids is 1. The highest BCUT2D eigenvalue weighted by Crippen LogP contribution is 2.26. The third-order valence-electron chi connectivity index (χ3n) is 2.91. The van der Waals surface area contributed by atoms with Crippen LogP contribution < -0.4 is 4.72 Å². The number of carboxylic acid groups (broad SMARTS) is 1. The Labute approximate surface area is 126 Å². The number of aromatic amines is 1. The first-order valence-corrected chi connectivity index (χ1v) is 7.64. The fraction of sp³-hybridized carbons (Fsp3) is 0.167. The van der Waals surface area contributed by atoms with Crippen LogP contribution in [0.25, 0.3) is 0 Å². The summed E-state index contributed by atoms with van der Waals surface area (Å²) in [7, 11) is -3.98. The van der Waals surface area contributed by atoms with Gasteiger partial charge in [-0.2, -0.15) is 5.10 Å². The van der Waals surface area contributed by atoms with Crippen LogP contribution in [0, 0.1) is 13.8 Å². The highest BCUT2D eigenvalue weighted by Gasteiger charge is 2.23. The SMILES string of the molecule is Cc1cn[nH]c1NS(=O)(=O)c1cc(Cl)cc(C(=O)O)c1C. The maximum absolute atomic E-state index is 12.4. The molecule has 0 bridgehead atoms. The molecule has 2 rings (SSSR count). The summed E-state index contributed by atoms with van der Waals surface area (Å²) in [6, 6.07) is 2.41. The van der Waals surface area contributed by atoms with Gasteiger partial charge in [-0.25, -0.2) is 13.2 Å². The van der Waals surface area contributed by atoms with Crippen LogP contribution in [0.4, 0.5) is 5.82 Å². The van der Waals surface area contributed by atoms with Crippen LogP contribution in [0.1, 0.15) is 21.5 Å². The first-order chi connectivity index (χ1) is 9.72. The van der Waals surface area contributed by atoms with Crippen molar-refractivity contribution in [2.75, 3.05) is 4.72 Å². The molecule has 0 saturated carbocycles. The first kappa shape index (κ1) is 15.3. The van der Waals surface area contributed by atoms with Gasteiger partial charge in [-0.05, 0) is 31.5 Å². The Balaban J connectivity index is 2.55. The summed E-state index contributed by atoms with van der Waals surface area (Å²) in [5, 5.41) is 15.3. The van der Waals surface area contributed by atoms with E-state index in [9.17, 15) is 13.2 Å². The van der Waals surface area contributed by atoms with E-state index in [2.05, 4.69) is 14.9 Å². The molecule has 21 heavy (non-hydrogen) atoms. The van der Waals surface area contributed by atoms with Gasteiger partial charge in [0.1, 0.15) is 5.82 Å².